The molecule has 2 aromatic heterocycles. The Hall–Kier alpha value is -3.41. The van der Waals surface area contributed by atoms with Crippen molar-refractivity contribution in [1.29, 1.82) is 0 Å². The summed E-state index contributed by atoms with van der Waals surface area (Å²) in [5, 5.41) is 0. The van der Waals surface area contributed by atoms with E-state index in [-0.39, 0.29) is 6.04 Å². The Morgan fingerprint density at radius 1 is 1.04 bits per heavy atom. The number of rotatable bonds is 12. The SMILES string of the molecule is C=C(C)N1CCC1CC.C=C(C1CCCCC1)N(CC1CCC(c2ccc(CC)c(C)n2)CC1)c1cc(/C(C=NC(C)C)=C/N)ccn1. The summed E-state index contributed by atoms with van der Waals surface area (Å²) in [5.41, 5.74) is 14.3. The Labute approximate surface area is 292 Å². The van der Waals surface area contributed by atoms with Crippen molar-refractivity contribution in [3.05, 3.63) is 83.7 Å². The van der Waals surface area contributed by atoms with Crippen LogP contribution in [-0.2, 0) is 6.42 Å². The van der Waals surface area contributed by atoms with Crippen LogP contribution in [0, 0.1) is 18.8 Å². The zero-order chi connectivity index (χ0) is 34.6. The molecule has 6 nitrogen and oxygen atoms in total. The maximum atomic E-state index is 6.02. The number of allylic oxidation sites excluding steroid dienone is 3. The molecule has 262 valence electrons. The molecule has 3 aliphatic rings. The van der Waals surface area contributed by atoms with Gasteiger partial charge in [0, 0.05) is 78.1 Å². The Balaban J connectivity index is 0.000000500. The van der Waals surface area contributed by atoms with E-state index in [1.165, 1.54) is 106 Å². The number of nitrogens with two attached hydrogens (primary N) is 1. The molecule has 1 saturated heterocycles. The van der Waals surface area contributed by atoms with Gasteiger partial charge in [0.15, 0.2) is 0 Å². The number of hydrogen-bond donors (Lipinski definition) is 1. The Morgan fingerprint density at radius 2 is 1.77 bits per heavy atom. The molecule has 2 aromatic rings. The van der Waals surface area contributed by atoms with Crippen LogP contribution in [0.15, 0.2) is 66.2 Å². The van der Waals surface area contributed by atoms with Gasteiger partial charge < -0.3 is 15.5 Å². The van der Waals surface area contributed by atoms with Crippen LogP contribution in [0.1, 0.15) is 134 Å². The zero-order valence-corrected chi connectivity index (χ0v) is 31.1. The van der Waals surface area contributed by atoms with Gasteiger partial charge in [0.2, 0.25) is 0 Å². The first-order valence-electron chi connectivity index (χ1n) is 18.9. The van der Waals surface area contributed by atoms with Gasteiger partial charge in [0.05, 0.1) is 0 Å². The third-order valence-electron chi connectivity index (χ3n) is 10.9. The molecule has 2 N–H and O–H groups in total. The minimum absolute atomic E-state index is 0.225. The lowest BCUT2D eigenvalue weighted by Crippen LogP contribution is -2.45. The number of nitrogens with zero attached hydrogens (tertiary/aromatic N) is 5. The molecule has 0 amide bonds. The Morgan fingerprint density at radius 3 is 2.31 bits per heavy atom. The van der Waals surface area contributed by atoms with E-state index in [2.05, 4.69) is 87.7 Å². The molecule has 3 heterocycles. The molecule has 1 unspecified atom stereocenters. The molecule has 0 bridgehead atoms. The maximum Gasteiger partial charge on any atom is 0.133 e. The van der Waals surface area contributed by atoms with Gasteiger partial charge >= 0.3 is 0 Å². The molecule has 0 aromatic carbocycles. The van der Waals surface area contributed by atoms with Crippen LogP contribution >= 0.6 is 0 Å². The summed E-state index contributed by atoms with van der Waals surface area (Å²) in [6.07, 6.45) is 20.3. The fourth-order valence-corrected chi connectivity index (χ4v) is 7.68. The number of likely N-dealkylation sites (tertiary alicyclic amines) is 1. The fraction of sp³-hybridized carbons (Fsp3) is 0.595. The lowest BCUT2D eigenvalue weighted by molar-refractivity contribution is 0.133. The average Bonchev–Trinajstić information content (AvgIpc) is 3.07. The normalized spacial score (nSPS) is 21.9. The van der Waals surface area contributed by atoms with E-state index in [0.29, 0.717) is 17.8 Å². The average molecular weight is 653 g/mol. The minimum Gasteiger partial charge on any atom is -0.404 e. The van der Waals surface area contributed by atoms with Crippen LogP contribution in [-0.4, -0.2) is 46.3 Å². The smallest absolute Gasteiger partial charge is 0.133 e. The third-order valence-corrected chi connectivity index (χ3v) is 10.9. The molecule has 6 heteroatoms. The van der Waals surface area contributed by atoms with Crippen molar-refractivity contribution in [1.82, 2.24) is 14.9 Å². The molecule has 5 rings (SSSR count). The van der Waals surface area contributed by atoms with Crippen molar-refractivity contribution in [2.45, 2.75) is 137 Å². The minimum atomic E-state index is 0.225. The van der Waals surface area contributed by atoms with E-state index in [1.54, 1.807) is 6.20 Å². The van der Waals surface area contributed by atoms with E-state index in [4.69, 9.17) is 15.7 Å². The highest BCUT2D eigenvalue weighted by molar-refractivity contribution is 6.09. The highest BCUT2D eigenvalue weighted by atomic mass is 15.2. The monoisotopic (exact) mass is 653 g/mol. The molecular weight excluding hydrogens is 589 g/mol. The van der Waals surface area contributed by atoms with E-state index in [0.717, 1.165) is 36.0 Å². The molecule has 48 heavy (non-hydrogen) atoms. The molecular formula is C42H64N6. The number of hydrogen-bond acceptors (Lipinski definition) is 6. The Bertz CT molecular complexity index is 1390. The predicted octanol–water partition coefficient (Wildman–Crippen LogP) is 10.0. The van der Waals surface area contributed by atoms with Crippen LogP contribution in [0.25, 0.3) is 5.57 Å². The van der Waals surface area contributed by atoms with E-state index < -0.39 is 0 Å². The summed E-state index contributed by atoms with van der Waals surface area (Å²) in [6.45, 7) is 23.6. The first kappa shape index (κ1) is 37.4. The van der Waals surface area contributed by atoms with Gasteiger partial charge in [-0.2, -0.15) is 0 Å². The first-order chi connectivity index (χ1) is 23.1. The maximum absolute atomic E-state index is 6.02. The van der Waals surface area contributed by atoms with Crippen molar-refractivity contribution >= 4 is 17.6 Å². The summed E-state index contributed by atoms with van der Waals surface area (Å²) in [6, 6.07) is 9.79. The number of pyridine rings is 2. The fourth-order valence-electron chi connectivity index (χ4n) is 7.68. The lowest BCUT2D eigenvalue weighted by Gasteiger charge is -2.42. The largest absolute Gasteiger partial charge is 0.404 e. The van der Waals surface area contributed by atoms with Gasteiger partial charge in [-0.25, -0.2) is 4.98 Å². The second kappa shape index (κ2) is 18.4. The number of anilines is 1. The highest BCUT2D eigenvalue weighted by Gasteiger charge is 2.29. The van der Waals surface area contributed by atoms with Crippen molar-refractivity contribution in [2.24, 2.45) is 22.6 Å². The molecule has 0 radical (unpaired) electrons. The van der Waals surface area contributed by atoms with Crippen molar-refractivity contribution < 1.29 is 0 Å². The molecule has 2 saturated carbocycles. The van der Waals surface area contributed by atoms with Crippen molar-refractivity contribution in [3.8, 4) is 0 Å². The molecule has 2 aliphatic carbocycles. The highest BCUT2D eigenvalue weighted by Crippen LogP contribution is 2.39. The summed E-state index contributed by atoms with van der Waals surface area (Å²) in [7, 11) is 0. The van der Waals surface area contributed by atoms with Gasteiger partial charge in [0.25, 0.3) is 0 Å². The van der Waals surface area contributed by atoms with Gasteiger partial charge in [-0.15, -0.1) is 0 Å². The first-order valence-corrected chi connectivity index (χ1v) is 18.9. The van der Waals surface area contributed by atoms with E-state index in [1.807, 2.05) is 18.5 Å². The van der Waals surface area contributed by atoms with Crippen LogP contribution in [0.4, 0.5) is 5.82 Å². The van der Waals surface area contributed by atoms with Gasteiger partial charge in [-0.05, 0) is 127 Å². The van der Waals surface area contributed by atoms with Crippen LogP contribution in [0.2, 0.25) is 0 Å². The number of aliphatic imine (C=N–C) groups is 1. The van der Waals surface area contributed by atoms with E-state index >= 15 is 0 Å². The topological polar surface area (TPSA) is 70.6 Å². The third kappa shape index (κ3) is 10.1. The van der Waals surface area contributed by atoms with Gasteiger partial charge in [0.1, 0.15) is 5.82 Å². The summed E-state index contributed by atoms with van der Waals surface area (Å²) < 4.78 is 0. The van der Waals surface area contributed by atoms with Crippen LogP contribution in [0.3, 0.4) is 0 Å². The predicted molar refractivity (Wildman–Crippen MR) is 206 cm³/mol. The van der Waals surface area contributed by atoms with Crippen molar-refractivity contribution in [3.63, 3.8) is 0 Å². The van der Waals surface area contributed by atoms with Crippen LogP contribution in [0.5, 0.6) is 0 Å². The molecule has 1 atom stereocenters. The standard InChI is InChI=1S/C34H49N5.C8H15N/c1-6-28-16-17-33(38-25(28)4)30-14-12-27(13-15-30)23-39(26(5)29-10-8-7-9-11-29)34-20-31(18-19-36-34)32(21-35)22-37-24(2)3;1-4-8-5-6-9(8)7(2)3/h16-22,24,27,29-30H,5-15,23,35H2,1-4H3;8H,2,4-6H2,1,3H3/b32-21+,37-22?;. The second-order valence-corrected chi connectivity index (χ2v) is 14.7. The summed E-state index contributed by atoms with van der Waals surface area (Å²) in [5.74, 6) is 2.71. The molecule has 1 aliphatic heterocycles. The van der Waals surface area contributed by atoms with Gasteiger partial charge in [-0.1, -0.05) is 52.3 Å². The lowest BCUT2D eigenvalue weighted by atomic mass is 9.79. The molecule has 0 spiro atoms. The Kier molecular flexibility index (Phi) is 14.3. The van der Waals surface area contributed by atoms with E-state index in [9.17, 15) is 0 Å². The van der Waals surface area contributed by atoms with Crippen LogP contribution < -0.4 is 10.6 Å². The second-order valence-electron chi connectivity index (χ2n) is 14.7. The molecule has 3 fully saturated rings. The quantitative estimate of drug-likeness (QED) is 0.231. The van der Waals surface area contributed by atoms with Gasteiger partial charge in [-0.3, -0.25) is 9.98 Å². The number of aryl methyl sites for hydroxylation is 2. The summed E-state index contributed by atoms with van der Waals surface area (Å²) >= 11 is 0. The number of aromatic nitrogens is 2. The summed E-state index contributed by atoms with van der Waals surface area (Å²) in [4.78, 5) is 19.2. The zero-order valence-electron chi connectivity index (χ0n) is 31.1. The van der Waals surface area contributed by atoms with Crippen molar-refractivity contribution in [2.75, 3.05) is 18.0 Å².